The molecule has 3 nitrogen and oxygen atoms in total. The number of thioether (sulfide) groups is 1. The summed E-state index contributed by atoms with van der Waals surface area (Å²) in [5.41, 5.74) is 0. The summed E-state index contributed by atoms with van der Waals surface area (Å²) in [5.74, 6) is 1.23. The van der Waals surface area contributed by atoms with Crippen molar-refractivity contribution in [3.05, 3.63) is 0 Å². The Kier molecular flexibility index (Phi) is 16.9. The summed E-state index contributed by atoms with van der Waals surface area (Å²) < 4.78 is 0. The van der Waals surface area contributed by atoms with Crippen LogP contribution < -0.4 is 0 Å². The molecule has 0 aromatic carbocycles. The molecule has 0 spiro atoms. The molecule has 4 heteroatoms. The van der Waals surface area contributed by atoms with Crippen LogP contribution in [0.3, 0.4) is 0 Å². The predicted octanol–water partition coefficient (Wildman–Crippen LogP) is 3.36. The van der Waals surface area contributed by atoms with Gasteiger partial charge in [0.2, 0.25) is 0 Å². The van der Waals surface area contributed by atoms with Crippen LogP contribution in [0.4, 0.5) is 0 Å². The van der Waals surface area contributed by atoms with Gasteiger partial charge in [0.15, 0.2) is 0 Å². The van der Waals surface area contributed by atoms with Crippen molar-refractivity contribution in [1.82, 2.24) is 14.7 Å². The van der Waals surface area contributed by atoms with Crippen LogP contribution in [-0.4, -0.2) is 86.6 Å². The summed E-state index contributed by atoms with van der Waals surface area (Å²) in [5, 5.41) is 0. The molecule has 0 radical (unpaired) electrons. The molecule has 0 rings (SSSR count). The Labute approximate surface area is 139 Å². The van der Waals surface area contributed by atoms with Gasteiger partial charge in [-0.15, -0.1) is 0 Å². The fourth-order valence-corrected chi connectivity index (χ4v) is 2.42. The first kappa shape index (κ1) is 23.5. The van der Waals surface area contributed by atoms with Gasteiger partial charge in [0.25, 0.3) is 0 Å². The zero-order valence-corrected chi connectivity index (χ0v) is 17.0. The SMILES string of the molecule is CC.CSCCN(C)C(C)CCN(C)C(C)CCN(C)C. The summed E-state index contributed by atoms with van der Waals surface area (Å²) in [6.45, 7) is 12.3. The van der Waals surface area contributed by atoms with Crippen molar-refractivity contribution in [2.75, 3.05) is 59.8 Å². The van der Waals surface area contributed by atoms with Gasteiger partial charge in [-0.1, -0.05) is 13.8 Å². The maximum atomic E-state index is 2.50. The van der Waals surface area contributed by atoms with Crippen LogP contribution in [0.1, 0.15) is 40.5 Å². The Morgan fingerprint density at radius 1 is 0.762 bits per heavy atom. The molecule has 2 unspecified atom stereocenters. The molecular weight excluding hydrogens is 278 g/mol. The molecule has 0 aromatic heterocycles. The van der Waals surface area contributed by atoms with Crippen molar-refractivity contribution >= 4 is 11.8 Å². The van der Waals surface area contributed by atoms with Crippen LogP contribution in [-0.2, 0) is 0 Å². The van der Waals surface area contributed by atoms with Crippen molar-refractivity contribution < 1.29 is 0 Å². The van der Waals surface area contributed by atoms with Gasteiger partial charge < -0.3 is 14.7 Å². The fraction of sp³-hybridized carbons (Fsp3) is 1.00. The topological polar surface area (TPSA) is 9.72 Å². The van der Waals surface area contributed by atoms with Crippen molar-refractivity contribution in [2.24, 2.45) is 0 Å². The third-order valence-electron chi connectivity index (χ3n) is 4.05. The van der Waals surface area contributed by atoms with Crippen LogP contribution in [0.25, 0.3) is 0 Å². The average Bonchev–Trinajstić information content (AvgIpc) is 2.49. The maximum Gasteiger partial charge on any atom is 0.00763 e. The van der Waals surface area contributed by atoms with Gasteiger partial charge in [-0.25, -0.2) is 0 Å². The highest BCUT2D eigenvalue weighted by Crippen LogP contribution is 2.07. The second-order valence-electron chi connectivity index (χ2n) is 6.03. The Bertz CT molecular complexity index is 212. The van der Waals surface area contributed by atoms with E-state index in [2.05, 4.69) is 63.0 Å². The van der Waals surface area contributed by atoms with E-state index in [4.69, 9.17) is 0 Å². The lowest BCUT2D eigenvalue weighted by atomic mass is 10.1. The summed E-state index contributed by atoms with van der Waals surface area (Å²) >= 11 is 1.93. The minimum Gasteiger partial charge on any atom is -0.309 e. The number of hydrogen-bond donors (Lipinski definition) is 0. The molecule has 0 aromatic rings. The summed E-state index contributed by atoms with van der Waals surface area (Å²) in [4.78, 5) is 7.25. The highest BCUT2D eigenvalue weighted by atomic mass is 32.2. The largest absolute Gasteiger partial charge is 0.309 e. The predicted molar refractivity (Wildman–Crippen MR) is 102 cm³/mol. The second-order valence-corrected chi connectivity index (χ2v) is 7.02. The van der Waals surface area contributed by atoms with Crippen molar-refractivity contribution in [1.29, 1.82) is 0 Å². The molecule has 0 aliphatic rings. The number of rotatable bonds is 11. The minimum atomic E-state index is 0.672. The monoisotopic (exact) mass is 319 g/mol. The molecule has 130 valence electrons. The molecular formula is C17H41N3S. The van der Waals surface area contributed by atoms with E-state index in [1.54, 1.807) is 0 Å². The molecule has 0 aliphatic heterocycles. The molecule has 0 saturated carbocycles. The van der Waals surface area contributed by atoms with E-state index in [0.717, 1.165) is 0 Å². The van der Waals surface area contributed by atoms with Crippen LogP contribution >= 0.6 is 11.8 Å². The van der Waals surface area contributed by atoms with E-state index < -0.39 is 0 Å². The Morgan fingerprint density at radius 2 is 1.19 bits per heavy atom. The third kappa shape index (κ3) is 13.6. The molecule has 2 atom stereocenters. The van der Waals surface area contributed by atoms with Gasteiger partial charge in [0.05, 0.1) is 0 Å². The van der Waals surface area contributed by atoms with E-state index >= 15 is 0 Å². The van der Waals surface area contributed by atoms with Crippen LogP contribution in [0.5, 0.6) is 0 Å². The molecule has 0 amide bonds. The maximum absolute atomic E-state index is 2.50. The average molecular weight is 320 g/mol. The lowest BCUT2D eigenvalue weighted by Gasteiger charge is -2.30. The van der Waals surface area contributed by atoms with Gasteiger partial charge in [0, 0.05) is 24.4 Å². The summed E-state index contributed by atoms with van der Waals surface area (Å²) in [6, 6.07) is 1.35. The highest BCUT2D eigenvalue weighted by molar-refractivity contribution is 7.98. The fourth-order valence-electron chi connectivity index (χ4n) is 1.95. The first-order valence-corrected chi connectivity index (χ1v) is 9.82. The zero-order valence-electron chi connectivity index (χ0n) is 16.1. The van der Waals surface area contributed by atoms with Crippen LogP contribution in [0.2, 0.25) is 0 Å². The van der Waals surface area contributed by atoms with Crippen LogP contribution in [0, 0.1) is 0 Å². The first-order valence-electron chi connectivity index (χ1n) is 8.42. The van der Waals surface area contributed by atoms with E-state index in [0.29, 0.717) is 12.1 Å². The smallest absolute Gasteiger partial charge is 0.00763 e. The number of hydrogen-bond acceptors (Lipinski definition) is 4. The molecule has 0 saturated heterocycles. The van der Waals surface area contributed by atoms with Gasteiger partial charge in [-0.2, -0.15) is 11.8 Å². The Hall–Kier alpha value is 0.230. The minimum absolute atomic E-state index is 0.672. The van der Waals surface area contributed by atoms with Gasteiger partial charge >= 0.3 is 0 Å². The molecule has 0 N–H and O–H groups in total. The zero-order chi connectivity index (χ0) is 16.8. The molecule has 21 heavy (non-hydrogen) atoms. The molecule has 0 fully saturated rings. The number of nitrogens with zero attached hydrogens (tertiary/aromatic N) is 3. The summed E-state index contributed by atoms with van der Waals surface area (Å²) in [6.07, 6.45) is 4.69. The van der Waals surface area contributed by atoms with Gasteiger partial charge in [-0.3, -0.25) is 0 Å². The van der Waals surface area contributed by atoms with Crippen molar-refractivity contribution in [2.45, 2.75) is 52.6 Å². The van der Waals surface area contributed by atoms with Gasteiger partial charge in [-0.05, 0) is 74.2 Å². The lowest BCUT2D eigenvalue weighted by molar-refractivity contribution is 0.189. The Morgan fingerprint density at radius 3 is 1.62 bits per heavy atom. The quantitative estimate of drug-likeness (QED) is 0.577. The van der Waals surface area contributed by atoms with Crippen LogP contribution in [0.15, 0.2) is 0 Å². The summed E-state index contributed by atoms with van der Waals surface area (Å²) in [7, 11) is 8.80. The normalized spacial score (nSPS) is 14.3. The van der Waals surface area contributed by atoms with Crippen molar-refractivity contribution in [3.63, 3.8) is 0 Å². The standard InChI is InChI=1S/C15H35N3S.C2H6/c1-14(8-10-16(3)4)17(5)11-9-15(2)18(6)12-13-19-7;1-2/h14-15H,8-13H2,1-7H3;1-2H3. The van der Waals surface area contributed by atoms with Crippen molar-refractivity contribution in [3.8, 4) is 0 Å². The molecule has 0 bridgehead atoms. The first-order chi connectivity index (χ1) is 9.88. The van der Waals surface area contributed by atoms with Gasteiger partial charge in [0.1, 0.15) is 0 Å². The van der Waals surface area contributed by atoms with E-state index in [-0.39, 0.29) is 0 Å². The van der Waals surface area contributed by atoms with E-state index in [9.17, 15) is 0 Å². The second kappa shape index (κ2) is 15.1. The molecule has 0 heterocycles. The van der Waals surface area contributed by atoms with E-state index in [1.165, 1.54) is 38.2 Å². The van der Waals surface area contributed by atoms with E-state index in [1.807, 2.05) is 25.6 Å². The molecule has 0 aliphatic carbocycles. The highest BCUT2D eigenvalue weighted by Gasteiger charge is 2.13. The third-order valence-corrected chi connectivity index (χ3v) is 4.64. The Balaban J connectivity index is 0. The lowest BCUT2D eigenvalue weighted by Crippen LogP contribution is -2.37.